The van der Waals surface area contributed by atoms with E-state index in [-0.39, 0.29) is 0 Å². The topological polar surface area (TPSA) is 0 Å². The summed E-state index contributed by atoms with van der Waals surface area (Å²) < 4.78 is 4.47. The van der Waals surface area contributed by atoms with E-state index < -0.39 is 0 Å². The fraction of sp³-hybridized carbons (Fsp3) is 0. The molecular weight excluding hydrogens is 560 g/mol. The summed E-state index contributed by atoms with van der Waals surface area (Å²) in [7, 11) is 0. The summed E-state index contributed by atoms with van der Waals surface area (Å²) in [5.41, 5.74) is 0. The quantitative estimate of drug-likeness (QED) is 0.198. The summed E-state index contributed by atoms with van der Waals surface area (Å²) in [5, 5.41) is 5.03. The highest BCUT2D eigenvalue weighted by Crippen LogP contribution is 2.24. The van der Waals surface area contributed by atoms with Crippen LogP contribution in [0.2, 0.25) is 0 Å². The first-order chi connectivity index (χ1) is 11.5. The van der Waals surface area contributed by atoms with Gasteiger partial charge in [-0.25, -0.2) is 0 Å². The average Bonchev–Trinajstić information content (AvgIpc) is 2.54. The van der Waals surface area contributed by atoms with E-state index in [2.05, 4.69) is 137 Å². The summed E-state index contributed by atoms with van der Waals surface area (Å²) in [5.74, 6) is 0. The van der Waals surface area contributed by atoms with Crippen LogP contribution in [0, 0.1) is 0 Å². The molecule has 0 heterocycles. The molecule has 0 atom stereocenters. The van der Waals surface area contributed by atoms with Crippen molar-refractivity contribution >= 4 is 85.3 Å². The van der Waals surface area contributed by atoms with Gasteiger partial charge in [0.15, 0.2) is 0 Å². The molecule has 4 aromatic carbocycles. The highest BCUT2D eigenvalue weighted by Gasteiger charge is 1.95. The molecule has 0 aliphatic heterocycles. The van der Waals surface area contributed by atoms with E-state index in [9.17, 15) is 0 Å². The minimum absolute atomic E-state index is 1.12. The van der Waals surface area contributed by atoms with E-state index in [4.69, 9.17) is 0 Å². The first-order valence-electron chi connectivity index (χ1n) is 7.21. The number of fused-ring (bicyclic) bond motifs is 2. The maximum absolute atomic E-state index is 3.44. The molecule has 120 valence electrons. The minimum atomic E-state index is 1.12. The molecule has 4 heteroatoms. The van der Waals surface area contributed by atoms with E-state index in [0.717, 1.165) is 17.9 Å². The summed E-state index contributed by atoms with van der Waals surface area (Å²) in [6, 6.07) is 25.1. The smallest absolute Gasteiger partial charge is 0.0181 e. The normalized spacial score (nSPS) is 10.5. The second kappa shape index (κ2) is 8.13. The Morgan fingerprint density at radius 3 is 0.833 bits per heavy atom. The van der Waals surface area contributed by atoms with Crippen molar-refractivity contribution in [3.8, 4) is 0 Å². The molecule has 4 aromatic rings. The van der Waals surface area contributed by atoms with Crippen LogP contribution in [0.1, 0.15) is 0 Å². The Labute approximate surface area is 174 Å². The molecule has 0 spiro atoms. The van der Waals surface area contributed by atoms with Gasteiger partial charge in [-0.15, -0.1) is 0 Å². The third-order valence-corrected chi connectivity index (χ3v) is 5.50. The van der Waals surface area contributed by atoms with Gasteiger partial charge in [-0.1, -0.05) is 88.0 Å². The predicted molar refractivity (Wildman–Crippen MR) is 119 cm³/mol. The van der Waals surface area contributed by atoms with Gasteiger partial charge in [0, 0.05) is 17.9 Å². The van der Waals surface area contributed by atoms with Crippen molar-refractivity contribution in [2.24, 2.45) is 0 Å². The predicted octanol–water partition coefficient (Wildman–Crippen LogP) is 8.73. The van der Waals surface area contributed by atoms with Crippen molar-refractivity contribution in [2.45, 2.75) is 0 Å². The molecule has 0 nitrogen and oxygen atoms in total. The second-order valence-corrected chi connectivity index (χ2v) is 8.93. The molecule has 0 unspecified atom stereocenters. The lowest BCUT2D eigenvalue weighted by molar-refractivity contribution is 1.67. The van der Waals surface area contributed by atoms with Crippen LogP contribution in [0.4, 0.5) is 0 Å². The Morgan fingerprint density at radius 1 is 0.333 bits per heavy atom. The first kappa shape index (κ1) is 18.1. The van der Waals surface area contributed by atoms with E-state index in [1.807, 2.05) is 0 Å². The summed E-state index contributed by atoms with van der Waals surface area (Å²) >= 11 is 13.8. The van der Waals surface area contributed by atoms with Crippen molar-refractivity contribution in [1.82, 2.24) is 0 Å². The van der Waals surface area contributed by atoms with Gasteiger partial charge < -0.3 is 0 Å². The lowest BCUT2D eigenvalue weighted by Crippen LogP contribution is -1.72. The minimum Gasteiger partial charge on any atom is -0.0533 e. The van der Waals surface area contributed by atoms with Crippen LogP contribution in [-0.4, -0.2) is 0 Å². The second-order valence-electron chi connectivity index (χ2n) is 5.27. The molecule has 24 heavy (non-hydrogen) atoms. The van der Waals surface area contributed by atoms with Crippen LogP contribution in [0.15, 0.2) is 90.7 Å². The molecule has 0 saturated heterocycles. The van der Waals surface area contributed by atoms with Crippen molar-refractivity contribution in [3.05, 3.63) is 90.7 Å². The monoisotopic (exact) mass is 568 g/mol. The van der Waals surface area contributed by atoms with Crippen LogP contribution >= 0.6 is 63.7 Å². The summed E-state index contributed by atoms with van der Waals surface area (Å²) in [6.07, 6.45) is 0. The highest BCUT2D eigenvalue weighted by molar-refractivity contribution is 9.11. The molecule has 0 radical (unpaired) electrons. The number of benzene rings is 4. The molecule has 0 saturated carbocycles. The third kappa shape index (κ3) is 4.69. The van der Waals surface area contributed by atoms with E-state index in [1.54, 1.807) is 0 Å². The largest absolute Gasteiger partial charge is 0.0533 e. The van der Waals surface area contributed by atoms with Gasteiger partial charge in [0.05, 0.1) is 0 Å². The molecule has 0 aliphatic rings. The first-order valence-corrected chi connectivity index (χ1v) is 10.4. The molecular formula is C20H12Br4. The maximum atomic E-state index is 3.44. The number of rotatable bonds is 0. The van der Waals surface area contributed by atoms with E-state index in [0.29, 0.717) is 0 Å². The number of halogens is 4. The highest BCUT2D eigenvalue weighted by atomic mass is 79.9. The Hall–Kier alpha value is -0.680. The third-order valence-electron chi connectivity index (χ3n) is 3.53. The molecule has 0 amide bonds. The standard InChI is InChI=1S/2C10H6Br2/c2*11-9-3-1-7-2-4-10(12)6-8(7)5-9/h2*1-6H. The zero-order valence-electron chi connectivity index (χ0n) is 12.4. The van der Waals surface area contributed by atoms with Crippen LogP contribution in [-0.2, 0) is 0 Å². The zero-order chi connectivity index (χ0) is 17.1. The van der Waals surface area contributed by atoms with Crippen molar-refractivity contribution in [2.75, 3.05) is 0 Å². The van der Waals surface area contributed by atoms with Crippen LogP contribution in [0.5, 0.6) is 0 Å². The van der Waals surface area contributed by atoms with Crippen LogP contribution in [0.3, 0.4) is 0 Å². The molecule has 4 rings (SSSR count). The van der Waals surface area contributed by atoms with Crippen LogP contribution < -0.4 is 0 Å². The van der Waals surface area contributed by atoms with E-state index in [1.165, 1.54) is 21.5 Å². The average molecular weight is 572 g/mol. The Balaban J connectivity index is 0.000000141. The summed E-state index contributed by atoms with van der Waals surface area (Å²) in [6.45, 7) is 0. The molecule has 0 aromatic heterocycles. The number of hydrogen-bond acceptors (Lipinski definition) is 0. The lowest BCUT2D eigenvalue weighted by atomic mass is 10.1. The summed E-state index contributed by atoms with van der Waals surface area (Å²) in [4.78, 5) is 0. The van der Waals surface area contributed by atoms with Gasteiger partial charge in [0.2, 0.25) is 0 Å². The Bertz CT molecular complexity index is 852. The van der Waals surface area contributed by atoms with Crippen molar-refractivity contribution in [1.29, 1.82) is 0 Å². The Morgan fingerprint density at radius 2 is 0.583 bits per heavy atom. The van der Waals surface area contributed by atoms with E-state index >= 15 is 0 Å². The fourth-order valence-electron chi connectivity index (χ4n) is 2.38. The van der Waals surface area contributed by atoms with Crippen molar-refractivity contribution in [3.63, 3.8) is 0 Å². The SMILES string of the molecule is Brc1ccc2ccc(Br)cc2c1.Brc1ccc2ccc(Br)cc2c1. The molecule has 0 N–H and O–H groups in total. The zero-order valence-corrected chi connectivity index (χ0v) is 18.8. The molecule has 0 bridgehead atoms. The fourth-order valence-corrected chi connectivity index (χ4v) is 3.89. The van der Waals surface area contributed by atoms with Crippen molar-refractivity contribution < 1.29 is 0 Å². The molecule has 0 aliphatic carbocycles. The van der Waals surface area contributed by atoms with Gasteiger partial charge in [-0.05, 0) is 70.1 Å². The maximum Gasteiger partial charge on any atom is 0.0181 e. The van der Waals surface area contributed by atoms with Gasteiger partial charge >= 0.3 is 0 Å². The lowest BCUT2D eigenvalue weighted by Gasteiger charge is -1.98. The van der Waals surface area contributed by atoms with Crippen LogP contribution in [0.25, 0.3) is 21.5 Å². The van der Waals surface area contributed by atoms with Gasteiger partial charge in [0.1, 0.15) is 0 Å². The Kier molecular flexibility index (Phi) is 6.14. The number of hydrogen-bond donors (Lipinski definition) is 0. The van der Waals surface area contributed by atoms with Gasteiger partial charge in [-0.3, -0.25) is 0 Å². The van der Waals surface area contributed by atoms with Gasteiger partial charge in [-0.2, -0.15) is 0 Å². The van der Waals surface area contributed by atoms with Gasteiger partial charge in [0.25, 0.3) is 0 Å². The molecule has 0 fully saturated rings.